The minimum absolute atomic E-state index is 0.598. The lowest BCUT2D eigenvalue weighted by atomic mass is 9.91. The first kappa shape index (κ1) is 47.6. The van der Waals surface area contributed by atoms with Gasteiger partial charge in [0.05, 0.1) is 18.8 Å². The Hall–Kier alpha value is -3.12. The van der Waals surface area contributed by atoms with Gasteiger partial charge in [-0.3, -0.25) is 23.9 Å². The van der Waals surface area contributed by atoms with Crippen molar-refractivity contribution in [3.8, 4) is 0 Å². The normalized spacial score (nSPS) is 34.7. The van der Waals surface area contributed by atoms with E-state index in [1.165, 1.54) is 31.8 Å². The first-order valence-corrected chi connectivity index (χ1v) is 20.1. The molecule has 1 aromatic rings. The van der Waals surface area contributed by atoms with Crippen molar-refractivity contribution in [2.24, 2.45) is 5.92 Å². The zero-order valence-corrected chi connectivity index (χ0v) is 33.1. The van der Waals surface area contributed by atoms with Gasteiger partial charge in [0.15, 0.2) is 18.8 Å². The number of nitrogens with zero attached hydrogens (tertiary/aromatic N) is 1. The molecular formula is C38H62N4O16. The molecule has 0 bridgehead atoms. The van der Waals surface area contributed by atoms with E-state index in [0.717, 1.165) is 49.4 Å². The molecule has 15 atom stereocenters. The molecule has 2 amide bonds. The maximum absolute atomic E-state index is 13.1. The molecule has 3 aliphatic heterocycles. The summed E-state index contributed by atoms with van der Waals surface area (Å²) in [6, 6.07) is -2.01. The molecule has 0 aromatic carbocycles. The van der Waals surface area contributed by atoms with Crippen molar-refractivity contribution in [3.63, 3.8) is 0 Å². The summed E-state index contributed by atoms with van der Waals surface area (Å²) < 4.78 is 24.1. The Labute approximate surface area is 335 Å². The van der Waals surface area contributed by atoms with E-state index in [-0.39, 0.29) is 0 Å². The maximum atomic E-state index is 13.1. The van der Waals surface area contributed by atoms with Gasteiger partial charge in [0.25, 0.3) is 5.56 Å². The number of hydrogen-bond donors (Lipinski definition) is 11. The summed E-state index contributed by atoms with van der Waals surface area (Å²) in [4.78, 5) is 51.1. The number of amides is 2. The third-order valence-corrected chi connectivity index (χ3v) is 10.7. The Bertz CT molecular complexity index is 1590. The van der Waals surface area contributed by atoms with Gasteiger partial charge in [0.2, 0.25) is 11.8 Å². The molecule has 3 saturated heterocycles. The number of unbranched alkanes of at least 4 members (excludes halogenated alkanes) is 7. The largest absolute Gasteiger partial charge is 0.394 e. The van der Waals surface area contributed by atoms with Crippen molar-refractivity contribution < 1.29 is 69.4 Å². The van der Waals surface area contributed by atoms with Crippen molar-refractivity contribution in [2.45, 2.75) is 177 Å². The molecule has 0 aliphatic carbocycles. The van der Waals surface area contributed by atoms with Gasteiger partial charge in [0, 0.05) is 25.6 Å². The predicted octanol–water partition coefficient (Wildman–Crippen LogP) is -2.48. The molecule has 3 fully saturated rings. The number of allylic oxidation sites excluding steroid dienone is 1. The molecule has 0 unspecified atom stereocenters. The molecule has 0 spiro atoms. The number of ether oxygens (including phenoxy) is 4. The van der Waals surface area contributed by atoms with E-state index >= 15 is 0 Å². The second-order valence-corrected chi connectivity index (χ2v) is 15.8. The molecule has 3 aliphatic rings. The standard InChI is InChI=1S/C38H62N4O16/c1-19(2)13-11-9-7-5-4-6-8-10-12-14-24(46)40-27-31(51)28(48)22(55-37(27)58-36-26(39-20(3)44)30(50)29(49)23(18-43)56-36)17-21(45)34-32(52)33(53)35(57-34)42-16-15-25(47)41-38(42)54/h12,14-16,19,21-23,26-37,43,45,48-53H,4-11,13,17-18H2,1-3H3,(H,39,44)(H,40,46)(H,41,47,54)/b14-12+/t21-,22+,23+,26-,27-,28-,29+,30+,31+,32-,33+,34-,35-,36-,37-/m0/s1. The molecule has 4 heterocycles. The second-order valence-electron chi connectivity index (χ2n) is 15.8. The van der Waals surface area contributed by atoms with E-state index in [9.17, 15) is 60.0 Å². The molecule has 0 saturated carbocycles. The number of aromatic amines is 1. The van der Waals surface area contributed by atoms with E-state index in [0.29, 0.717) is 12.3 Å². The summed E-state index contributed by atoms with van der Waals surface area (Å²) in [5.41, 5.74) is -1.68. The van der Waals surface area contributed by atoms with Gasteiger partial charge < -0.3 is 70.4 Å². The van der Waals surface area contributed by atoms with Crippen LogP contribution < -0.4 is 21.9 Å². The number of carbonyl (C=O) groups is 2. The number of nitrogens with one attached hydrogen (secondary N) is 3. The highest BCUT2D eigenvalue weighted by Crippen LogP contribution is 2.34. The molecule has 20 nitrogen and oxygen atoms in total. The summed E-state index contributed by atoms with van der Waals surface area (Å²) in [7, 11) is 0. The van der Waals surface area contributed by atoms with E-state index < -0.39 is 128 Å². The molecule has 11 N–H and O–H groups in total. The minimum atomic E-state index is -1.85. The zero-order chi connectivity index (χ0) is 42.7. The van der Waals surface area contributed by atoms with E-state index in [1.54, 1.807) is 6.08 Å². The smallest absolute Gasteiger partial charge is 0.330 e. The van der Waals surface area contributed by atoms with Crippen LogP contribution in [0.15, 0.2) is 34.0 Å². The highest BCUT2D eigenvalue weighted by molar-refractivity contribution is 5.87. The van der Waals surface area contributed by atoms with Crippen LogP contribution in [0.25, 0.3) is 0 Å². The van der Waals surface area contributed by atoms with Crippen LogP contribution in [0, 0.1) is 5.92 Å². The van der Waals surface area contributed by atoms with Crippen molar-refractivity contribution >= 4 is 11.8 Å². The SMILES string of the molecule is CC(=O)N[C@@H]1[C@H](O[C@@H]2O[C@H](C[C@H](O)[C@@H]3O[C@H](n4ccc(=O)[nH]c4=O)[C@H](O)[C@@H]3O)[C@H](O)[C@H](O)[C@@H]2NC(=O)/C=C/CCCCCCCCCC(C)C)O[C@H](CO)[C@@H](O)[C@@H]1O. The highest BCUT2D eigenvalue weighted by Gasteiger charge is 2.53. The third kappa shape index (κ3) is 12.7. The molecule has 1 aromatic heterocycles. The fraction of sp³-hybridized carbons (Fsp3) is 0.789. The average molecular weight is 831 g/mol. The molecule has 4 rings (SSSR count). The van der Waals surface area contributed by atoms with Gasteiger partial charge in [-0.25, -0.2) is 4.79 Å². The third-order valence-electron chi connectivity index (χ3n) is 10.7. The lowest BCUT2D eigenvalue weighted by molar-refractivity contribution is -0.346. The van der Waals surface area contributed by atoms with Crippen LogP contribution in [0.3, 0.4) is 0 Å². The zero-order valence-electron chi connectivity index (χ0n) is 33.1. The fourth-order valence-electron chi connectivity index (χ4n) is 7.45. The molecular weight excluding hydrogens is 768 g/mol. The van der Waals surface area contributed by atoms with Crippen LogP contribution in [-0.4, -0.2) is 155 Å². The molecule has 330 valence electrons. The average Bonchev–Trinajstić information content (AvgIpc) is 3.46. The van der Waals surface area contributed by atoms with E-state index in [2.05, 4.69) is 24.5 Å². The van der Waals surface area contributed by atoms with Crippen LogP contribution in [0.1, 0.15) is 91.2 Å². The Morgan fingerprint density at radius 3 is 2.02 bits per heavy atom. The number of aromatic nitrogens is 2. The van der Waals surface area contributed by atoms with Gasteiger partial charge in [-0.15, -0.1) is 0 Å². The number of hydrogen-bond acceptors (Lipinski definition) is 16. The number of aliphatic hydroxyl groups is 8. The Morgan fingerprint density at radius 1 is 0.828 bits per heavy atom. The van der Waals surface area contributed by atoms with Gasteiger partial charge >= 0.3 is 5.69 Å². The van der Waals surface area contributed by atoms with E-state index in [4.69, 9.17) is 18.9 Å². The number of H-pyrrole nitrogens is 1. The van der Waals surface area contributed by atoms with Crippen molar-refractivity contribution in [1.82, 2.24) is 20.2 Å². The van der Waals surface area contributed by atoms with Gasteiger partial charge in [-0.1, -0.05) is 64.9 Å². The Balaban J connectivity index is 1.46. The highest BCUT2D eigenvalue weighted by atomic mass is 16.8. The number of rotatable bonds is 20. The van der Waals surface area contributed by atoms with Gasteiger partial charge in [-0.05, 0) is 24.8 Å². The molecule has 20 heteroatoms. The number of aliphatic hydroxyl groups excluding tert-OH is 8. The first-order valence-electron chi connectivity index (χ1n) is 20.1. The fourth-order valence-corrected chi connectivity index (χ4v) is 7.45. The Morgan fingerprint density at radius 2 is 1.41 bits per heavy atom. The lowest BCUT2D eigenvalue weighted by Crippen LogP contribution is -2.68. The topological polar surface area (TPSA) is 312 Å². The van der Waals surface area contributed by atoms with Crippen LogP contribution in [0.5, 0.6) is 0 Å². The summed E-state index contributed by atoms with van der Waals surface area (Å²) in [5.74, 6) is -0.641. The summed E-state index contributed by atoms with van der Waals surface area (Å²) in [5, 5.41) is 91.4. The van der Waals surface area contributed by atoms with E-state index in [1.807, 2.05) is 4.98 Å². The monoisotopic (exact) mass is 830 g/mol. The summed E-state index contributed by atoms with van der Waals surface area (Å²) in [6.45, 7) is 4.78. The van der Waals surface area contributed by atoms with Gasteiger partial charge in [-0.2, -0.15) is 0 Å². The second kappa shape index (κ2) is 22.5. The van der Waals surface area contributed by atoms with Crippen molar-refractivity contribution in [2.75, 3.05) is 6.61 Å². The van der Waals surface area contributed by atoms with Crippen LogP contribution in [0.4, 0.5) is 0 Å². The first-order chi connectivity index (χ1) is 27.5. The molecule has 58 heavy (non-hydrogen) atoms. The number of carbonyl (C=O) groups excluding carboxylic acids is 2. The quantitative estimate of drug-likeness (QED) is 0.0479. The minimum Gasteiger partial charge on any atom is -0.394 e. The summed E-state index contributed by atoms with van der Waals surface area (Å²) >= 11 is 0. The van der Waals surface area contributed by atoms with Crippen LogP contribution in [0.2, 0.25) is 0 Å². The van der Waals surface area contributed by atoms with Crippen LogP contribution in [-0.2, 0) is 28.5 Å². The van der Waals surface area contributed by atoms with Gasteiger partial charge in [0.1, 0.15) is 60.9 Å². The molecule has 0 radical (unpaired) electrons. The summed E-state index contributed by atoms with van der Waals surface area (Å²) in [6.07, 6.45) is -8.97. The predicted molar refractivity (Wildman–Crippen MR) is 202 cm³/mol. The lowest BCUT2D eigenvalue weighted by Gasteiger charge is -2.47. The van der Waals surface area contributed by atoms with Crippen molar-refractivity contribution in [3.05, 3.63) is 45.3 Å². The van der Waals surface area contributed by atoms with Crippen LogP contribution >= 0.6 is 0 Å². The maximum Gasteiger partial charge on any atom is 0.330 e. The Kier molecular flexibility index (Phi) is 18.4. The van der Waals surface area contributed by atoms with Crippen molar-refractivity contribution in [1.29, 1.82) is 0 Å².